The van der Waals surface area contributed by atoms with Crippen LogP contribution in [0.3, 0.4) is 0 Å². The number of benzene rings is 1. The molecule has 1 aromatic carbocycles. The molecule has 0 unspecified atom stereocenters. The summed E-state index contributed by atoms with van der Waals surface area (Å²) in [4.78, 5) is 11.5. The first-order chi connectivity index (χ1) is 7.06. The lowest BCUT2D eigenvalue weighted by atomic mass is 10.2. The van der Waals surface area contributed by atoms with E-state index >= 15 is 0 Å². The number of aromatic hydroxyl groups is 2. The first-order valence-electron chi connectivity index (χ1n) is 4.59. The summed E-state index contributed by atoms with van der Waals surface area (Å²) in [6.45, 7) is 2.05. The van der Waals surface area contributed by atoms with Gasteiger partial charge in [-0.2, -0.15) is 0 Å². The van der Waals surface area contributed by atoms with Crippen molar-refractivity contribution < 1.29 is 20.2 Å². The molecule has 5 nitrogen and oxygen atoms in total. The lowest BCUT2D eigenvalue weighted by Gasteiger charge is -2.13. The third kappa shape index (κ3) is 2.60. The van der Waals surface area contributed by atoms with Crippen LogP contribution in [0.1, 0.15) is 23.7 Å². The lowest BCUT2D eigenvalue weighted by Crippen LogP contribution is -2.27. The van der Waals surface area contributed by atoms with E-state index in [1.807, 2.05) is 6.92 Å². The summed E-state index contributed by atoms with van der Waals surface area (Å²) in [5, 5.41) is 28.0. The van der Waals surface area contributed by atoms with E-state index in [-0.39, 0.29) is 23.6 Å². The third-order valence-electron chi connectivity index (χ3n) is 1.89. The summed E-state index contributed by atoms with van der Waals surface area (Å²) in [6.07, 6.45) is 0.631. The average molecular weight is 211 g/mol. The second-order valence-corrected chi connectivity index (χ2v) is 3.13. The van der Waals surface area contributed by atoms with Crippen LogP contribution in [0, 0.1) is 0 Å². The molecule has 5 heteroatoms. The van der Waals surface area contributed by atoms with Crippen molar-refractivity contribution in [3.8, 4) is 11.5 Å². The molecule has 3 N–H and O–H groups in total. The Kier molecular flexibility index (Phi) is 3.51. The molecule has 0 radical (unpaired) electrons. The van der Waals surface area contributed by atoms with Crippen LogP contribution in [0.25, 0.3) is 0 Å². The number of carbonyl (C=O) groups excluding carboxylic acids is 1. The maximum absolute atomic E-state index is 11.5. The molecular weight excluding hydrogens is 198 g/mol. The number of hydrogen-bond donors (Lipinski definition) is 3. The van der Waals surface area contributed by atoms with Gasteiger partial charge in [-0.05, 0) is 24.6 Å². The topological polar surface area (TPSA) is 81.0 Å². The largest absolute Gasteiger partial charge is 0.504 e. The molecule has 0 aromatic heterocycles. The van der Waals surface area contributed by atoms with Gasteiger partial charge in [0.05, 0.1) is 0 Å². The molecule has 0 aliphatic carbocycles. The highest BCUT2D eigenvalue weighted by Crippen LogP contribution is 2.25. The maximum atomic E-state index is 11.5. The van der Waals surface area contributed by atoms with Gasteiger partial charge in [0.2, 0.25) is 0 Å². The monoisotopic (exact) mass is 211 g/mol. The van der Waals surface area contributed by atoms with E-state index in [2.05, 4.69) is 0 Å². The zero-order valence-corrected chi connectivity index (χ0v) is 8.34. The van der Waals surface area contributed by atoms with Crippen LogP contribution in [0.5, 0.6) is 11.5 Å². The summed E-state index contributed by atoms with van der Waals surface area (Å²) in [5.74, 6) is -1.29. The third-order valence-corrected chi connectivity index (χ3v) is 1.89. The van der Waals surface area contributed by atoms with Crippen molar-refractivity contribution >= 4 is 5.91 Å². The van der Waals surface area contributed by atoms with E-state index in [0.29, 0.717) is 11.5 Å². The second kappa shape index (κ2) is 4.65. The zero-order chi connectivity index (χ0) is 11.4. The predicted molar refractivity (Wildman–Crippen MR) is 52.9 cm³/mol. The van der Waals surface area contributed by atoms with E-state index in [4.69, 9.17) is 10.2 Å². The van der Waals surface area contributed by atoms with Gasteiger partial charge in [-0.3, -0.25) is 10.0 Å². The molecule has 0 saturated heterocycles. The molecule has 0 aliphatic rings. The minimum absolute atomic E-state index is 0.126. The number of hydrogen-bond acceptors (Lipinski definition) is 4. The van der Waals surface area contributed by atoms with Crippen molar-refractivity contribution in [3.05, 3.63) is 23.8 Å². The summed E-state index contributed by atoms with van der Waals surface area (Å²) in [7, 11) is 0. The fourth-order valence-electron chi connectivity index (χ4n) is 1.12. The normalized spacial score (nSPS) is 10.0. The second-order valence-electron chi connectivity index (χ2n) is 3.13. The first kappa shape index (κ1) is 11.3. The summed E-state index contributed by atoms with van der Waals surface area (Å²) in [5.41, 5.74) is 0.126. The molecule has 0 aliphatic heterocycles. The standard InChI is InChI=1S/C10H13NO4/c1-2-5-11(15)10(14)7-3-4-8(12)9(13)6-7/h3-4,6,12-13,15H,2,5H2,1H3. The van der Waals surface area contributed by atoms with Crippen molar-refractivity contribution in [2.75, 3.05) is 6.54 Å². The van der Waals surface area contributed by atoms with Gasteiger partial charge in [0, 0.05) is 12.1 Å². The van der Waals surface area contributed by atoms with E-state index in [1.165, 1.54) is 12.1 Å². The minimum Gasteiger partial charge on any atom is -0.504 e. The first-order valence-corrected chi connectivity index (χ1v) is 4.59. The molecule has 0 spiro atoms. The molecule has 0 bridgehead atoms. The SMILES string of the molecule is CCCN(O)C(=O)c1ccc(O)c(O)c1. The molecule has 0 atom stereocenters. The van der Waals surface area contributed by atoms with Crippen molar-refractivity contribution in [1.82, 2.24) is 5.06 Å². The summed E-state index contributed by atoms with van der Waals surface area (Å²) < 4.78 is 0. The van der Waals surface area contributed by atoms with Crippen molar-refractivity contribution in [3.63, 3.8) is 0 Å². The number of phenolic OH excluding ortho intramolecular Hbond substituents is 2. The van der Waals surface area contributed by atoms with Gasteiger partial charge in [-0.1, -0.05) is 6.92 Å². The Morgan fingerprint density at radius 2 is 2.00 bits per heavy atom. The molecule has 0 saturated carbocycles. The molecule has 15 heavy (non-hydrogen) atoms. The Morgan fingerprint density at radius 1 is 1.33 bits per heavy atom. The molecule has 0 heterocycles. The fraction of sp³-hybridized carbons (Fsp3) is 0.300. The van der Waals surface area contributed by atoms with Crippen LogP contribution in [-0.4, -0.2) is 32.9 Å². The number of rotatable bonds is 3. The lowest BCUT2D eigenvalue weighted by molar-refractivity contribution is -0.0578. The van der Waals surface area contributed by atoms with E-state index in [1.54, 1.807) is 0 Å². The maximum Gasteiger partial charge on any atom is 0.277 e. The fourth-order valence-corrected chi connectivity index (χ4v) is 1.12. The number of amides is 1. The molecule has 1 rings (SSSR count). The highest BCUT2D eigenvalue weighted by Gasteiger charge is 2.14. The molecule has 82 valence electrons. The number of phenols is 2. The van der Waals surface area contributed by atoms with Crippen LogP contribution >= 0.6 is 0 Å². The van der Waals surface area contributed by atoms with Gasteiger partial charge >= 0.3 is 0 Å². The van der Waals surface area contributed by atoms with Gasteiger partial charge < -0.3 is 10.2 Å². The van der Waals surface area contributed by atoms with Crippen molar-refractivity contribution in [2.45, 2.75) is 13.3 Å². The molecule has 1 amide bonds. The Morgan fingerprint density at radius 3 is 2.53 bits per heavy atom. The van der Waals surface area contributed by atoms with Gasteiger partial charge in [-0.15, -0.1) is 0 Å². The van der Waals surface area contributed by atoms with Crippen LogP contribution in [0.15, 0.2) is 18.2 Å². The highest BCUT2D eigenvalue weighted by molar-refractivity contribution is 5.94. The quantitative estimate of drug-likeness (QED) is 0.400. The van der Waals surface area contributed by atoms with Gasteiger partial charge in [0.15, 0.2) is 11.5 Å². The Hall–Kier alpha value is -1.75. The van der Waals surface area contributed by atoms with Crippen molar-refractivity contribution in [2.24, 2.45) is 0 Å². The van der Waals surface area contributed by atoms with Gasteiger partial charge in [0.1, 0.15) is 0 Å². The van der Waals surface area contributed by atoms with Crippen molar-refractivity contribution in [1.29, 1.82) is 0 Å². The van der Waals surface area contributed by atoms with Gasteiger partial charge in [-0.25, -0.2) is 5.06 Å². The molecule has 0 fully saturated rings. The van der Waals surface area contributed by atoms with Crippen LogP contribution in [0.4, 0.5) is 0 Å². The number of carbonyl (C=O) groups is 1. The van der Waals surface area contributed by atoms with E-state index in [9.17, 15) is 10.0 Å². The Bertz CT molecular complexity index is 364. The van der Waals surface area contributed by atoms with E-state index < -0.39 is 5.91 Å². The zero-order valence-electron chi connectivity index (χ0n) is 8.34. The molecule has 1 aromatic rings. The Balaban J connectivity index is 2.87. The van der Waals surface area contributed by atoms with Crippen LogP contribution < -0.4 is 0 Å². The van der Waals surface area contributed by atoms with Crippen LogP contribution in [-0.2, 0) is 0 Å². The number of nitrogens with zero attached hydrogens (tertiary/aromatic N) is 1. The Labute approximate surface area is 87.1 Å². The average Bonchev–Trinajstić information content (AvgIpc) is 2.21. The van der Waals surface area contributed by atoms with E-state index in [0.717, 1.165) is 6.07 Å². The number of hydroxylamine groups is 2. The predicted octanol–water partition coefficient (Wildman–Crippen LogP) is 1.34. The summed E-state index contributed by atoms with van der Waals surface area (Å²) >= 11 is 0. The van der Waals surface area contributed by atoms with Gasteiger partial charge in [0.25, 0.3) is 5.91 Å². The smallest absolute Gasteiger partial charge is 0.277 e. The summed E-state index contributed by atoms with van der Waals surface area (Å²) in [6, 6.07) is 3.63. The molecular formula is C10H13NO4. The highest BCUT2D eigenvalue weighted by atomic mass is 16.5. The van der Waals surface area contributed by atoms with Crippen LogP contribution in [0.2, 0.25) is 0 Å². The minimum atomic E-state index is -0.604.